The Bertz CT molecular complexity index is 728. The molecule has 2 aliphatic rings. The number of hydrogen-bond acceptors (Lipinski definition) is 4. The molecule has 2 aromatic rings. The van der Waals surface area contributed by atoms with Crippen molar-refractivity contribution in [1.82, 2.24) is 20.7 Å². The summed E-state index contributed by atoms with van der Waals surface area (Å²) < 4.78 is 0. The van der Waals surface area contributed by atoms with Gasteiger partial charge in [-0.25, -0.2) is 5.43 Å². The van der Waals surface area contributed by atoms with Gasteiger partial charge in [0.15, 0.2) is 0 Å². The number of benzene rings is 2. The molecule has 2 aliphatic heterocycles. The van der Waals surface area contributed by atoms with Crippen LogP contribution in [-0.4, -0.2) is 56.1 Å². The van der Waals surface area contributed by atoms with Gasteiger partial charge in [0.25, 0.3) is 0 Å². The summed E-state index contributed by atoms with van der Waals surface area (Å²) >= 11 is 0. The third kappa shape index (κ3) is 4.09. The quantitative estimate of drug-likeness (QED) is 0.854. The monoisotopic (exact) mass is 364 g/mol. The molecule has 0 bridgehead atoms. The molecule has 2 unspecified atom stereocenters. The summed E-state index contributed by atoms with van der Waals surface area (Å²) in [5, 5.41) is 0. The van der Waals surface area contributed by atoms with Crippen LogP contribution in [0.2, 0.25) is 0 Å². The number of aryl methyl sites for hydroxylation is 1. The molecule has 2 heterocycles. The molecular formula is C23H32N4. The molecular weight excluding hydrogens is 332 g/mol. The number of nitrogens with one attached hydrogen (secondary N) is 2. The largest absolute Gasteiger partial charge is 0.305 e. The highest BCUT2D eigenvalue weighted by molar-refractivity contribution is 5.28. The first kappa shape index (κ1) is 18.6. The van der Waals surface area contributed by atoms with Crippen LogP contribution in [0.5, 0.6) is 0 Å². The third-order valence-corrected chi connectivity index (χ3v) is 6.28. The van der Waals surface area contributed by atoms with Crippen LogP contribution < -0.4 is 10.9 Å². The Hall–Kier alpha value is -1.72. The van der Waals surface area contributed by atoms with Gasteiger partial charge in [0, 0.05) is 44.1 Å². The van der Waals surface area contributed by atoms with Crippen molar-refractivity contribution in [3.8, 4) is 0 Å². The molecule has 2 fully saturated rings. The number of rotatable bonds is 5. The summed E-state index contributed by atoms with van der Waals surface area (Å²) in [6.45, 7) is 6.61. The number of hydrazine groups is 1. The zero-order chi connectivity index (χ0) is 18.8. The Kier molecular flexibility index (Phi) is 5.60. The highest BCUT2D eigenvalue weighted by atomic mass is 15.4. The van der Waals surface area contributed by atoms with Gasteiger partial charge >= 0.3 is 0 Å². The fourth-order valence-electron chi connectivity index (χ4n) is 4.73. The lowest BCUT2D eigenvalue weighted by Gasteiger charge is -2.26. The van der Waals surface area contributed by atoms with E-state index in [1.165, 1.54) is 16.7 Å². The third-order valence-electron chi connectivity index (χ3n) is 6.28. The van der Waals surface area contributed by atoms with Gasteiger partial charge in [-0.3, -0.25) is 5.43 Å². The molecule has 2 N–H and O–H groups in total. The van der Waals surface area contributed by atoms with Crippen LogP contribution >= 0.6 is 0 Å². The lowest BCUT2D eigenvalue weighted by atomic mass is 9.93. The van der Waals surface area contributed by atoms with E-state index in [9.17, 15) is 0 Å². The first-order valence-corrected chi connectivity index (χ1v) is 10.1. The number of hydrogen-bond donors (Lipinski definition) is 2. The molecule has 0 saturated carbocycles. The second-order valence-electron chi connectivity index (χ2n) is 8.44. The van der Waals surface area contributed by atoms with Crippen molar-refractivity contribution in [2.24, 2.45) is 5.92 Å². The van der Waals surface area contributed by atoms with Crippen LogP contribution in [-0.2, 0) is 0 Å². The maximum atomic E-state index is 3.49. The minimum absolute atomic E-state index is 0.391. The highest BCUT2D eigenvalue weighted by Crippen LogP contribution is 2.33. The first-order valence-electron chi connectivity index (χ1n) is 10.1. The molecule has 0 aliphatic carbocycles. The Balaban J connectivity index is 1.47. The molecule has 4 nitrogen and oxygen atoms in total. The van der Waals surface area contributed by atoms with Crippen molar-refractivity contribution in [2.45, 2.75) is 24.9 Å². The summed E-state index contributed by atoms with van der Waals surface area (Å²) in [5.41, 5.74) is 11.1. The van der Waals surface area contributed by atoms with Crippen LogP contribution in [0.1, 0.15) is 28.7 Å². The molecule has 4 rings (SSSR count). The van der Waals surface area contributed by atoms with Gasteiger partial charge in [0.05, 0.1) is 6.04 Å². The predicted molar refractivity (Wildman–Crippen MR) is 112 cm³/mol. The summed E-state index contributed by atoms with van der Waals surface area (Å²) in [6, 6.07) is 21.0. The lowest BCUT2D eigenvalue weighted by molar-refractivity contribution is 0.237. The smallest absolute Gasteiger partial charge is 0.0515 e. The summed E-state index contributed by atoms with van der Waals surface area (Å²) in [7, 11) is 4.45. The average Bonchev–Trinajstić information content (AvgIpc) is 3.31. The molecule has 2 aromatic carbocycles. The number of nitrogens with zero attached hydrogens (tertiary/aromatic N) is 2. The van der Waals surface area contributed by atoms with E-state index in [0.717, 1.165) is 26.2 Å². The van der Waals surface area contributed by atoms with Crippen molar-refractivity contribution < 1.29 is 0 Å². The number of likely N-dealkylation sites (N-methyl/N-ethyl adjacent to an activating group) is 1. The molecule has 0 aromatic heterocycles. The Morgan fingerprint density at radius 1 is 0.963 bits per heavy atom. The second-order valence-corrected chi connectivity index (χ2v) is 8.44. The molecule has 0 spiro atoms. The van der Waals surface area contributed by atoms with Crippen molar-refractivity contribution in [2.75, 3.05) is 40.3 Å². The van der Waals surface area contributed by atoms with Crippen LogP contribution in [0.3, 0.4) is 0 Å². The van der Waals surface area contributed by atoms with E-state index >= 15 is 0 Å². The van der Waals surface area contributed by atoms with E-state index in [4.69, 9.17) is 0 Å². The normalized spacial score (nSPS) is 28.9. The van der Waals surface area contributed by atoms with Gasteiger partial charge in [-0.2, -0.15) is 0 Å². The molecule has 2 saturated heterocycles. The maximum absolute atomic E-state index is 3.49. The minimum Gasteiger partial charge on any atom is -0.305 e. The first-order chi connectivity index (χ1) is 13.1. The van der Waals surface area contributed by atoms with Crippen LogP contribution in [0.25, 0.3) is 0 Å². The maximum Gasteiger partial charge on any atom is 0.0515 e. The second kappa shape index (κ2) is 8.11. The van der Waals surface area contributed by atoms with Gasteiger partial charge in [-0.15, -0.1) is 0 Å². The lowest BCUT2D eigenvalue weighted by Crippen LogP contribution is -2.36. The molecule has 27 heavy (non-hydrogen) atoms. The van der Waals surface area contributed by atoms with Gasteiger partial charge in [0.2, 0.25) is 0 Å². The standard InChI is InChI=1S/C23H32N4/c1-17-9-11-18(12-10-17)21-15-27(16-22(21)26(2)3)14-20-13-24-25-23(20)19-7-5-4-6-8-19/h4-12,20-25H,13-16H2,1-3H3/t20?,21-,22+,23?/m0/s1. The molecule has 144 valence electrons. The van der Waals surface area contributed by atoms with E-state index in [-0.39, 0.29) is 0 Å². The van der Waals surface area contributed by atoms with Crippen molar-refractivity contribution in [3.63, 3.8) is 0 Å². The van der Waals surface area contributed by atoms with Crippen molar-refractivity contribution >= 4 is 0 Å². The predicted octanol–water partition coefficient (Wildman–Crippen LogP) is 2.79. The van der Waals surface area contributed by atoms with E-state index in [0.29, 0.717) is 23.9 Å². The molecule has 4 atom stereocenters. The van der Waals surface area contributed by atoms with Gasteiger partial charge < -0.3 is 9.80 Å². The Morgan fingerprint density at radius 2 is 1.70 bits per heavy atom. The Morgan fingerprint density at radius 3 is 2.41 bits per heavy atom. The van der Waals surface area contributed by atoms with E-state index < -0.39 is 0 Å². The van der Waals surface area contributed by atoms with E-state index in [2.05, 4.69) is 96.3 Å². The van der Waals surface area contributed by atoms with Crippen LogP contribution in [0.15, 0.2) is 54.6 Å². The minimum atomic E-state index is 0.391. The summed E-state index contributed by atoms with van der Waals surface area (Å²) in [6.07, 6.45) is 0. The fourth-order valence-corrected chi connectivity index (χ4v) is 4.73. The zero-order valence-electron chi connectivity index (χ0n) is 16.7. The van der Waals surface area contributed by atoms with Gasteiger partial charge in [-0.05, 0) is 32.1 Å². The number of likely N-dealkylation sites (tertiary alicyclic amines) is 1. The Labute approximate surface area is 163 Å². The fraction of sp³-hybridized carbons (Fsp3) is 0.478. The van der Waals surface area contributed by atoms with E-state index in [1.807, 2.05) is 0 Å². The van der Waals surface area contributed by atoms with Crippen LogP contribution in [0.4, 0.5) is 0 Å². The molecule has 0 amide bonds. The van der Waals surface area contributed by atoms with Crippen LogP contribution in [0, 0.1) is 12.8 Å². The molecule has 0 radical (unpaired) electrons. The SMILES string of the molecule is Cc1ccc([C@@H]2CN(CC3CNNC3c3ccccc3)C[C@H]2N(C)C)cc1. The summed E-state index contributed by atoms with van der Waals surface area (Å²) in [4.78, 5) is 5.08. The average molecular weight is 365 g/mol. The topological polar surface area (TPSA) is 30.5 Å². The van der Waals surface area contributed by atoms with Gasteiger partial charge in [0.1, 0.15) is 0 Å². The summed E-state index contributed by atoms with van der Waals surface area (Å²) in [5.74, 6) is 1.17. The van der Waals surface area contributed by atoms with Gasteiger partial charge in [-0.1, -0.05) is 60.2 Å². The van der Waals surface area contributed by atoms with E-state index in [1.54, 1.807) is 0 Å². The van der Waals surface area contributed by atoms with Crippen molar-refractivity contribution in [1.29, 1.82) is 0 Å². The zero-order valence-corrected chi connectivity index (χ0v) is 16.7. The molecule has 4 heteroatoms. The van der Waals surface area contributed by atoms with Crippen molar-refractivity contribution in [3.05, 3.63) is 71.3 Å². The highest BCUT2D eigenvalue weighted by Gasteiger charge is 2.38.